The molecule has 2 unspecified atom stereocenters. The highest BCUT2D eigenvalue weighted by Gasteiger charge is 2.49. The normalized spacial score (nSPS) is 25.4. The molecule has 2 atom stereocenters. The maximum atomic E-state index is 11.4. The number of nitrogens with zero attached hydrogens (tertiary/aromatic N) is 1. The largest absolute Gasteiger partial charge is 0.481 e. The SMILES string of the molecule is CN(CCO)C(=O)C1CC1C(=O)O. The summed E-state index contributed by atoms with van der Waals surface area (Å²) in [6, 6.07) is 0. The summed E-state index contributed by atoms with van der Waals surface area (Å²) in [6.45, 7) is 0.175. The second-order valence-corrected chi connectivity index (χ2v) is 3.27. The summed E-state index contributed by atoms with van der Waals surface area (Å²) in [7, 11) is 1.57. The van der Waals surface area contributed by atoms with E-state index in [0.29, 0.717) is 6.42 Å². The van der Waals surface area contributed by atoms with Crippen LogP contribution in [-0.2, 0) is 9.59 Å². The van der Waals surface area contributed by atoms with Gasteiger partial charge in [0.25, 0.3) is 0 Å². The van der Waals surface area contributed by atoms with Crippen molar-refractivity contribution in [3.63, 3.8) is 0 Å². The van der Waals surface area contributed by atoms with Crippen LogP contribution in [0.3, 0.4) is 0 Å². The number of carboxylic acid groups (broad SMARTS) is 1. The van der Waals surface area contributed by atoms with Crippen LogP contribution in [0.2, 0.25) is 0 Å². The molecule has 0 heterocycles. The number of carbonyl (C=O) groups is 2. The third-order valence-corrected chi connectivity index (χ3v) is 2.24. The first-order chi connectivity index (χ1) is 6.07. The van der Waals surface area contributed by atoms with Crippen LogP contribution in [-0.4, -0.2) is 47.2 Å². The van der Waals surface area contributed by atoms with Gasteiger partial charge in [0.1, 0.15) is 0 Å². The van der Waals surface area contributed by atoms with Gasteiger partial charge in [0.05, 0.1) is 18.4 Å². The van der Waals surface area contributed by atoms with E-state index in [1.54, 1.807) is 7.05 Å². The summed E-state index contributed by atoms with van der Waals surface area (Å²) in [5.74, 6) is -1.96. The molecule has 1 aliphatic carbocycles. The van der Waals surface area contributed by atoms with Crippen molar-refractivity contribution in [1.29, 1.82) is 0 Å². The van der Waals surface area contributed by atoms with Gasteiger partial charge in [-0.2, -0.15) is 0 Å². The second-order valence-electron chi connectivity index (χ2n) is 3.27. The fourth-order valence-electron chi connectivity index (χ4n) is 1.28. The maximum absolute atomic E-state index is 11.4. The lowest BCUT2D eigenvalue weighted by Gasteiger charge is -2.14. The van der Waals surface area contributed by atoms with Crippen LogP contribution in [0.1, 0.15) is 6.42 Å². The van der Waals surface area contributed by atoms with Crippen molar-refractivity contribution in [2.75, 3.05) is 20.2 Å². The van der Waals surface area contributed by atoms with E-state index in [-0.39, 0.29) is 25.0 Å². The number of aliphatic hydroxyl groups is 1. The average molecular weight is 187 g/mol. The Bertz CT molecular complexity index is 228. The smallest absolute Gasteiger partial charge is 0.307 e. The predicted molar refractivity (Wildman–Crippen MR) is 44.0 cm³/mol. The second kappa shape index (κ2) is 3.74. The Balaban J connectivity index is 2.38. The molecule has 1 rings (SSSR count). The molecule has 0 aliphatic heterocycles. The molecule has 0 bridgehead atoms. The minimum atomic E-state index is -0.907. The standard InChI is InChI=1S/C8H13NO4/c1-9(2-3-10)7(11)5-4-6(5)8(12)13/h5-6,10H,2-4H2,1H3,(H,12,13). The lowest BCUT2D eigenvalue weighted by Crippen LogP contribution is -2.31. The Hall–Kier alpha value is -1.10. The fourth-order valence-corrected chi connectivity index (χ4v) is 1.28. The van der Waals surface area contributed by atoms with E-state index in [0.717, 1.165) is 0 Å². The number of rotatable bonds is 4. The van der Waals surface area contributed by atoms with E-state index in [1.807, 2.05) is 0 Å². The molecule has 0 aromatic rings. The van der Waals surface area contributed by atoms with Gasteiger partial charge in [-0.3, -0.25) is 9.59 Å². The monoisotopic (exact) mass is 187 g/mol. The van der Waals surface area contributed by atoms with Gasteiger partial charge >= 0.3 is 5.97 Å². The van der Waals surface area contributed by atoms with Gasteiger partial charge in [-0.1, -0.05) is 0 Å². The van der Waals surface area contributed by atoms with Crippen molar-refractivity contribution in [2.45, 2.75) is 6.42 Å². The first-order valence-electron chi connectivity index (χ1n) is 4.16. The lowest BCUT2D eigenvalue weighted by molar-refractivity contribution is -0.141. The Kier molecular flexibility index (Phi) is 2.87. The van der Waals surface area contributed by atoms with Gasteiger partial charge in [-0.15, -0.1) is 0 Å². The summed E-state index contributed by atoms with van der Waals surface area (Å²) in [5.41, 5.74) is 0. The molecule has 1 fully saturated rings. The molecular weight excluding hydrogens is 174 g/mol. The fraction of sp³-hybridized carbons (Fsp3) is 0.750. The molecule has 1 aliphatic rings. The molecule has 1 amide bonds. The molecule has 1 saturated carbocycles. The van der Waals surface area contributed by atoms with Crippen LogP contribution in [0.4, 0.5) is 0 Å². The van der Waals surface area contributed by atoms with Gasteiger partial charge in [0.2, 0.25) is 5.91 Å². The van der Waals surface area contributed by atoms with Crippen LogP contribution in [0.5, 0.6) is 0 Å². The van der Waals surface area contributed by atoms with Crippen molar-refractivity contribution in [3.05, 3.63) is 0 Å². The Morgan fingerprint density at radius 1 is 1.46 bits per heavy atom. The van der Waals surface area contributed by atoms with Crippen molar-refractivity contribution in [3.8, 4) is 0 Å². The Morgan fingerprint density at radius 3 is 2.46 bits per heavy atom. The summed E-state index contributed by atoms with van der Waals surface area (Å²) < 4.78 is 0. The quantitative estimate of drug-likeness (QED) is 0.601. The van der Waals surface area contributed by atoms with Crippen LogP contribution in [0, 0.1) is 11.8 Å². The number of hydrogen-bond acceptors (Lipinski definition) is 3. The first-order valence-corrected chi connectivity index (χ1v) is 4.16. The number of amides is 1. The van der Waals surface area contributed by atoms with Crippen LogP contribution in [0.15, 0.2) is 0 Å². The number of aliphatic carboxylic acids is 1. The number of carboxylic acids is 1. The molecule has 0 radical (unpaired) electrons. The van der Waals surface area contributed by atoms with Crippen molar-refractivity contribution in [1.82, 2.24) is 4.90 Å². The van der Waals surface area contributed by atoms with E-state index < -0.39 is 11.9 Å². The minimum Gasteiger partial charge on any atom is -0.481 e. The molecule has 2 N–H and O–H groups in total. The summed E-state index contributed by atoms with van der Waals surface area (Å²) in [5, 5.41) is 17.1. The molecule has 0 saturated heterocycles. The van der Waals surface area contributed by atoms with Gasteiger partial charge in [0, 0.05) is 13.6 Å². The van der Waals surface area contributed by atoms with E-state index in [9.17, 15) is 9.59 Å². The molecule has 0 aromatic carbocycles. The Labute approximate surface area is 76.0 Å². The Morgan fingerprint density at radius 2 is 2.08 bits per heavy atom. The highest BCUT2D eigenvalue weighted by atomic mass is 16.4. The average Bonchev–Trinajstić information content (AvgIpc) is 2.82. The van der Waals surface area contributed by atoms with Gasteiger partial charge < -0.3 is 15.1 Å². The zero-order valence-electron chi connectivity index (χ0n) is 7.43. The van der Waals surface area contributed by atoms with Gasteiger partial charge in [-0.05, 0) is 6.42 Å². The summed E-state index contributed by atoms with van der Waals surface area (Å²) in [4.78, 5) is 23.2. The number of carbonyl (C=O) groups excluding carboxylic acids is 1. The maximum Gasteiger partial charge on any atom is 0.307 e. The number of hydrogen-bond donors (Lipinski definition) is 2. The molecule has 5 heteroatoms. The summed E-state index contributed by atoms with van der Waals surface area (Å²) in [6.07, 6.45) is 0.434. The van der Waals surface area contributed by atoms with E-state index in [4.69, 9.17) is 10.2 Å². The third kappa shape index (κ3) is 2.18. The lowest BCUT2D eigenvalue weighted by atomic mass is 10.3. The van der Waals surface area contributed by atoms with Crippen LogP contribution in [0.25, 0.3) is 0 Å². The van der Waals surface area contributed by atoms with E-state index >= 15 is 0 Å². The highest BCUT2D eigenvalue weighted by Crippen LogP contribution is 2.39. The zero-order valence-corrected chi connectivity index (χ0v) is 7.43. The van der Waals surface area contributed by atoms with E-state index in [1.165, 1.54) is 4.90 Å². The minimum absolute atomic E-state index is 0.0906. The molecule has 0 spiro atoms. The predicted octanol–water partition coefficient (Wildman–Crippen LogP) is -0.842. The van der Waals surface area contributed by atoms with Crippen molar-refractivity contribution in [2.24, 2.45) is 11.8 Å². The van der Waals surface area contributed by atoms with E-state index in [2.05, 4.69) is 0 Å². The highest BCUT2D eigenvalue weighted by molar-refractivity contribution is 5.89. The molecule has 0 aromatic heterocycles. The van der Waals surface area contributed by atoms with Crippen LogP contribution < -0.4 is 0 Å². The molecule has 74 valence electrons. The van der Waals surface area contributed by atoms with Crippen LogP contribution >= 0.6 is 0 Å². The molecule has 13 heavy (non-hydrogen) atoms. The van der Waals surface area contributed by atoms with Crippen molar-refractivity contribution < 1.29 is 19.8 Å². The molecule has 5 nitrogen and oxygen atoms in total. The van der Waals surface area contributed by atoms with Crippen molar-refractivity contribution >= 4 is 11.9 Å². The third-order valence-electron chi connectivity index (χ3n) is 2.24. The van der Waals surface area contributed by atoms with Gasteiger partial charge in [0.15, 0.2) is 0 Å². The first kappa shape index (κ1) is 9.98. The molecular formula is C8H13NO4. The topological polar surface area (TPSA) is 77.8 Å². The van der Waals surface area contributed by atoms with Gasteiger partial charge in [-0.25, -0.2) is 0 Å². The zero-order chi connectivity index (χ0) is 10.0. The number of aliphatic hydroxyl groups excluding tert-OH is 1. The number of likely N-dealkylation sites (N-methyl/N-ethyl adjacent to an activating group) is 1. The summed E-state index contributed by atoms with van der Waals surface area (Å²) >= 11 is 0.